The van der Waals surface area contributed by atoms with Gasteiger partial charge in [-0.15, -0.1) is 0 Å². The van der Waals surface area contributed by atoms with Crippen LogP contribution in [-0.2, 0) is 10.0 Å². The molecule has 0 spiro atoms. The van der Waals surface area contributed by atoms with Gasteiger partial charge in [0.25, 0.3) is 10.0 Å². The molecule has 0 amide bonds. The summed E-state index contributed by atoms with van der Waals surface area (Å²) < 4.78 is 26.6. The summed E-state index contributed by atoms with van der Waals surface area (Å²) >= 11 is 5.77. The van der Waals surface area contributed by atoms with Crippen LogP contribution in [0.15, 0.2) is 47.4 Å². The second kappa shape index (κ2) is 5.63. The maximum absolute atomic E-state index is 12.2. The first-order valence-corrected chi connectivity index (χ1v) is 7.57. The maximum Gasteiger partial charge on any atom is 0.337 e. The molecule has 8 heteroatoms. The first-order chi connectivity index (χ1) is 9.79. The molecule has 0 aliphatic rings. The molecule has 0 atom stereocenters. The van der Waals surface area contributed by atoms with Gasteiger partial charge in [-0.05, 0) is 42.5 Å². The molecule has 0 bridgehead atoms. The lowest BCUT2D eigenvalue weighted by Gasteiger charge is -2.11. The molecule has 0 heterocycles. The third-order valence-corrected chi connectivity index (χ3v) is 4.26. The quantitative estimate of drug-likeness (QED) is 0.747. The summed E-state index contributed by atoms with van der Waals surface area (Å²) in [5.41, 5.74) is 5.61. The molecule has 0 radical (unpaired) electrons. The van der Waals surface area contributed by atoms with E-state index >= 15 is 0 Å². The van der Waals surface area contributed by atoms with E-state index in [1.807, 2.05) is 0 Å². The fourth-order valence-electron chi connectivity index (χ4n) is 1.64. The minimum atomic E-state index is -3.93. The van der Waals surface area contributed by atoms with Gasteiger partial charge >= 0.3 is 5.97 Å². The Hall–Kier alpha value is -2.25. The van der Waals surface area contributed by atoms with Crippen molar-refractivity contribution in [3.8, 4) is 0 Å². The summed E-state index contributed by atoms with van der Waals surface area (Å²) in [6.45, 7) is 0. The normalized spacial score (nSPS) is 11.1. The average molecular weight is 327 g/mol. The lowest BCUT2D eigenvalue weighted by Crippen LogP contribution is -2.15. The highest BCUT2D eigenvalue weighted by Crippen LogP contribution is 2.24. The van der Waals surface area contributed by atoms with Crippen LogP contribution >= 0.6 is 11.6 Å². The Morgan fingerprint density at radius 2 is 1.76 bits per heavy atom. The summed E-state index contributed by atoms with van der Waals surface area (Å²) in [6.07, 6.45) is 0. The summed E-state index contributed by atoms with van der Waals surface area (Å²) in [4.78, 5) is 11.1. The molecule has 0 aromatic heterocycles. The van der Waals surface area contributed by atoms with Gasteiger partial charge in [-0.25, -0.2) is 13.2 Å². The topological polar surface area (TPSA) is 109 Å². The van der Waals surface area contributed by atoms with Crippen molar-refractivity contribution in [2.75, 3.05) is 10.5 Å². The average Bonchev–Trinajstić information content (AvgIpc) is 2.38. The van der Waals surface area contributed by atoms with E-state index in [2.05, 4.69) is 4.72 Å². The molecular weight excluding hydrogens is 316 g/mol. The van der Waals surface area contributed by atoms with Crippen molar-refractivity contribution in [3.63, 3.8) is 0 Å². The van der Waals surface area contributed by atoms with Crippen LogP contribution in [0, 0.1) is 0 Å². The number of nitrogens with one attached hydrogen (secondary N) is 1. The Morgan fingerprint density at radius 1 is 1.14 bits per heavy atom. The standard InChI is InChI=1S/C13H11ClN2O4S/c14-8-1-6-11(13(17)18)12(7-8)16-21(19,20)10-4-2-9(15)3-5-10/h1-7,16H,15H2,(H,17,18). The number of aromatic carboxylic acids is 1. The van der Waals surface area contributed by atoms with Crippen molar-refractivity contribution in [3.05, 3.63) is 53.1 Å². The van der Waals surface area contributed by atoms with E-state index in [-0.39, 0.29) is 21.2 Å². The van der Waals surface area contributed by atoms with Crippen LogP contribution in [0.4, 0.5) is 11.4 Å². The number of anilines is 2. The van der Waals surface area contributed by atoms with E-state index in [0.29, 0.717) is 5.69 Å². The largest absolute Gasteiger partial charge is 0.478 e. The molecule has 2 rings (SSSR count). The lowest BCUT2D eigenvalue weighted by molar-refractivity contribution is 0.0698. The zero-order valence-electron chi connectivity index (χ0n) is 10.6. The van der Waals surface area contributed by atoms with Gasteiger partial charge < -0.3 is 10.8 Å². The SMILES string of the molecule is Nc1ccc(S(=O)(=O)Nc2cc(Cl)ccc2C(=O)O)cc1. The van der Waals surface area contributed by atoms with Crippen molar-refractivity contribution in [2.45, 2.75) is 4.90 Å². The van der Waals surface area contributed by atoms with Gasteiger partial charge in [0.1, 0.15) is 0 Å². The van der Waals surface area contributed by atoms with Crippen LogP contribution in [0.5, 0.6) is 0 Å². The predicted octanol–water partition coefficient (Wildman–Crippen LogP) is 2.42. The Balaban J connectivity index is 2.43. The molecule has 6 nitrogen and oxygen atoms in total. The summed E-state index contributed by atoms with van der Waals surface area (Å²) in [6, 6.07) is 9.35. The van der Waals surface area contributed by atoms with E-state index in [9.17, 15) is 13.2 Å². The summed E-state index contributed by atoms with van der Waals surface area (Å²) in [7, 11) is -3.93. The molecule has 110 valence electrons. The van der Waals surface area contributed by atoms with Crippen molar-refractivity contribution in [1.29, 1.82) is 0 Å². The molecule has 0 unspecified atom stereocenters. The van der Waals surface area contributed by atoms with Crippen molar-refractivity contribution in [2.24, 2.45) is 0 Å². The van der Waals surface area contributed by atoms with E-state index in [0.717, 1.165) is 0 Å². The second-order valence-electron chi connectivity index (χ2n) is 4.17. The van der Waals surface area contributed by atoms with E-state index in [4.69, 9.17) is 22.4 Å². The fourth-order valence-corrected chi connectivity index (χ4v) is 2.88. The molecule has 21 heavy (non-hydrogen) atoms. The number of carboxylic acids is 1. The van der Waals surface area contributed by atoms with Gasteiger partial charge in [0.2, 0.25) is 0 Å². The molecule has 0 saturated carbocycles. The molecule has 0 fully saturated rings. The van der Waals surface area contributed by atoms with Gasteiger partial charge in [-0.1, -0.05) is 11.6 Å². The van der Waals surface area contributed by atoms with Crippen LogP contribution < -0.4 is 10.5 Å². The molecular formula is C13H11ClN2O4S. The van der Waals surface area contributed by atoms with Crippen LogP contribution in [0.3, 0.4) is 0 Å². The number of rotatable bonds is 4. The molecule has 2 aromatic rings. The Bertz CT molecular complexity index is 788. The zero-order chi connectivity index (χ0) is 15.6. The summed E-state index contributed by atoms with van der Waals surface area (Å²) in [5, 5.41) is 9.28. The van der Waals surface area contributed by atoms with Crippen LogP contribution in [0.1, 0.15) is 10.4 Å². The van der Waals surface area contributed by atoms with Crippen LogP contribution in [0.2, 0.25) is 5.02 Å². The molecule has 0 saturated heterocycles. The van der Waals surface area contributed by atoms with Crippen LogP contribution in [0.25, 0.3) is 0 Å². The number of nitrogen functional groups attached to an aromatic ring is 1. The highest BCUT2D eigenvalue weighted by Gasteiger charge is 2.18. The van der Waals surface area contributed by atoms with Crippen LogP contribution in [-0.4, -0.2) is 19.5 Å². The number of sulfonamides is 1. The minimum Gasteiger partial charge on any atom is -0.478 e. The van der Waals surface area contributed by atoms with Gasteiger partial charge in [0, 0.05) is 10.7 Å². The molecule has 2 aromatic carbocycles. The number of nitrogens with two attached hydrogens (primary N) is 1. The smallest absolute Gasteiger partial charge is 0.337 e. The van der Waals surface area contributed by atoms with E-state index in [1.165, 1.54) is 42.5 Å². The minimum absolute atomic E-state index is 0.0342. The Labute approximate surface area is 126 Å². The van der Waals surface area contributed by atoms with Gasteiger partial charge in [-0.3, -0.25) is 4.72 Å². The highest BCUT2D eigenvalue weighted by atomic mass is 35.5. The van der Waals surface area contributed by atoms with Crippen molar-refractivity contribution in [1.82, 2.24) is 0 Å². The molecule has 0 aliphatic carbocycles. The highest BCUT2D eigenvalue weighted by molar-refractivity contribution is 7.92. The number of carboxylic acid groups (broad SMARTS) is 1. The number of halogens is 1. The third kappa shape index (κ3) is 3.45. The molecule has 0 aliphatic heterocycles. The van der Waals surface area contributed by atoms with Crippen molar-refractivity contribution < 1.29 is 18.3 Å². The summed E-state index contributed by atoms with van der Waals surface area (Å²) in [5.74, 6) is -1.26. The van der Waals surface area contributed by atoms with E-state index < -0.39 is 16.0 Å². The van der Waals surface area contributed by atoms with Crippen molar-refractivity contribution >= 4 is 39.0 Å². The lowest BCUT2D eigenvalue weighted by atomic mass is 10.2. The monoisotopic (exact) mass is 326 g/mol. The Morgan fingerprint density at radius 3 is 2.33 bits per heavy atom. The zero-order valence-corrected chi connectivity index (χ0v) is 12.1. The first kappa shape index (κ1) is 15.1. The fraction of sp³-hybridized carbons (Fsp3) is 0. The van der Waals surface area contributed by atoms with Gasteiger partial charge in [-0.2, -0.15) is 0 Å². The second-order valence-corrected chi connectivity index (χ2v) is 6.29. The molecule has 4 N–H and O–H groups in total. The number of hydrogen-bond acceptors (Lipinski definition) is 4. The van der Waals surface area contributed by atoms with Gasteiger partial charge in [0.15, 0.2) is 0 Å². The Kier molecular flexibility index (Phi) is 4.06. The first-order valence-electron chi connectivity index (χ1n) is 5.71. The number of carbonyl (C=O) groups is 1. The van der Waals surface area contributed by atoms with E-state index in [1.54, 1.807) is 0 Å². The maximum atomic E-state index is 12.2. The number of hydrogen-bond donors (Lipinski definition) is 3. The number of benzene rings is 2. The third-order valence-electron chi connectivity index (χ3n) is 2.65. The van der Waals surface area contributed by atoms with Gasteiger partial charge in [0.05, 0.1) is 16.1 Å². The predicted molar refractivity (Wildman–Crippen MR) is 80.1 cm³/mol.